The second kappa shape index (κ2) is 6.50. The average Bonchev–Trinajstić information content (AvgIpc) is 2.59. The predicted octanol–water partition coefficient (Wildman–Crippen LogP) is 3.56. The third kappa shape index (κ3) is 2.99. The second-order valence-corrected chi connectivity index (χ2v) is 5.84. The number of nitrogens with zero attached hydrogens (tertiary/aromatic N) is 1. The second-order valence-electron chi connectivity index (χ2n) is 5.43. The summed E-state index contributed by atoms with van der Waals surface area (Å²) in [7, 11) is 3.24. The fraction of sp³-hybridized carbons (Fsp3) is 0.278. The van der Waals surface area contributed by atoms with Gasteiger partial charge in [-0.1, -0.05) is 23.7 Å². The van der Waals surface area contributed by atoms with Gasteiger partial charge in [-0.15, -0.1) is 0 Å². The standard InChI is InChI=1S/C18H18ClNO3/c1-22-16-9-12-7-8-20(11-13(12)10-17(16)23-2)18(21)14-5-3-4-6-15(14)19/h3-6,9-10H,7-8,11H2,1-2H3. The number of amides is 1. The van der Waals surface area contributed by atoms with Gasteiger partial charge < -0.3 is 14.4 Å². The molecule has 5 heteroatoms. The number of methoxy groups -OCH3 is 2. The van der Waals surface area contributed by atoms with Crippen LogP contribution in [-0.4, -0.2) is 31.6 Å². The predicted molar refractivity (Wildman–Crippen MR) is 89.4 cm³/mol. The summed E-state index contributed by atoms with van der Waals surface area (Å²) in [6, 6.07) is 11.1. The number of carbonyl (C=O) groups is 1. The summed E-state index contributed by atoms with van der Waals surface area (Å²) < 4.78 is 10.7. The molecule has 0 unspecified atom stereocenters. The highest BCUT2D eigenvalue weighted by Crippen LogP contribution is 2.33. The van der Waals surface area contributed by atoms with Crippen LogP contribution in [0.2, 0.25) is 5.02 Å². The van der Waals surface area contributed by atoms with Crippen LogP contribution in [0.25, 0.3) is 0 Å². The van der Waals surface area contributed by atoms with Crippen LogP contribution in [0.4, 0.5) is 0 Å². The van der Waals surface area contributed by atoms with E-state index >= 15 is 0 Å². The number of hydrogen-bond donors (Lipinski definition) is 0. The maximum absolute atomic E-state index is 12.7. The van der Waals surface area contributed by atoms with Crippen molar-refractivity contribution in [3.63, 3.8) is 0 Å². The molecule has 120 valence electrons. The Morgan fingerprint density at radius 1 is 1.09 bits per heavy atom. The van der Waals surface area contributed by atoms with Gasteiger partial charge in [0.2, 0.25) is 0 Å². The van der Waals surface area contributed by atoms with Crippen LogP contribution in [0.15, 0.2) is 36.4 Å². The Hall–Kier alpha value is -2.20. The first kappa shape index (κ1) is 15.7. The summed E-state index contributed by atoms with van der Waals surface area (Å²) in [5.74, 6) is 1.35. The first-order chi connectivity index (χ1) is 11.1. The summed E-state index contributed by atoms with van der Waals surface area (Å²) in [4.78, 5) is 14.5. The van der Waals surface area contributed by atoms with Gasteiger partial charge in [-0.25, -0.2) is 0 Å². The molecular formula is C18H18ClNO3. The summed E-state index contributed by atoms with van der Waals surface area (Å²) in [5, 5.41) is 0.482. The lowest BCUT2D eigenvalue weighted by atomic mass is 9.98. The fourth-order valence-corrected chi connectivity index (χ4v) is 3.08. The summed E-state index contributed by atoms with van der Waals surface area (Å²) in [6.07, 6.45) is 0.784. The lowest BCUT2D eigenvalue weighted by molar-refractivity contribution is 0.0734. The van der Waals surface area contributed by atoms with Crippen molar-refractivity contribution < 1.29 is 14.3 Å². The highest BCUT2D eigenvalue weighted by Gasteiger charge is 2.24. The fourth-order valence-electron chi connectivity index (χ4n) is 2.86. The zero-order chi connectivity index (χ0) is 16.4. The molecular weight excluding hydrogens is 314 g/mol. The quantitative estimate of drug-likeness (QED) is 0.863. The van der Waals surface area contributed by atoms with E-state index in [1.807, 2.05) is 29.2 Å². The number of ether oxygens (including phenoxy) is 2. The number of rotatable bonds is 3. The van der Waals surface area contributed by atoms with E-state index in [1.54, 1.807) is 26.4 Å². The van der Waals surface area contributed by atoms with Crippen molar-refractivity contribution in [1.82, 2.24) is 4.90 Å². The number of carbonyl (C=O) groups excluding carboxylic acids is 1. The minimum absolute atomic E-state index is 0.0453. The Morgan fingerprint density at radius 2 is 1.74 bits per heavy atom. The largest absolute Gasteiger partial charge is 0.493 e. The number of hydrogen-bond acceptors (Lipinski definition) is 3. The summed E-state index contributed by atoms with van der Waals surface area (Å²) >= 11 is 6.14. The molecule has 3 rings (SSSR count). The Labute approximate surface area is 140 Å². The summed E-state index contributed by atoms with van der Waals surface area (Å²) in [5.41, 5.74) is 2.80. The highest BCUT2D eigenvalue weighted by atomic mass is 35.5. The van der Waals surface area contributed by atoms with Crippen LogP contribution < -0.4 is 9.47 Å². The minimum atomic E-state index is -0.0453. The maximum atomic E-state index is 12.7. The van der Waals surface area contributed by atoms with Crippen molar-refractivity contribution in [3.05, 3.63) is 58.1 Å². The van der Waals surface area contributed by atoms with E-state index in [2.05, 4.69) is 0 Å². The van der Waals surface area contributed by atoms with Gasteiger partial charge >= 0.3 is 0 Å². The molecule has 4 nitrogen and oxygen atoms in total. The normalized spacial score (nSPS) is 13.4. The molecule has 0 saturated carbocycles. The van der Waals surface area contributed by atoms with Crippen LogP contribution in [0.1, 0.15) is 21.5 Å². The number of halogens is 1. The maximum Gasteiger partial charge on any atom is 0.255 e. The van der Waals surface area contributed by atoms with Gasteiger partial charge in [0.15, 0.2) is 11.5 Å². The molecule has 2 aromatic carbocycles. The van der Waals surface area contributed by atoms with Gasteiger partial charge in [0.25, 0.3) is 5.91 Å². The van der Waals surface area contributed by atoms with E-state index in [4.69, 9.17) is 21.1 Å². The molecule has 0 radical (unpaired) electrons. The molecule has 23 heavy (non-hydrogen) atoms. The molecule has 1 aliphatic heterocycles. The molecule has 0 aromatic heterocycles. The third-order valence-corrected chi connectivity index (χ3v) is 4.44. The van der Waals surface area contributed by atoms with Gasteiger partial charge in [-0.3, -0.25) is 4.79 Å². The number of fused-ring (bicyclic) bond motifs is 1. The van der Waals surface area contributed by atoms with Gasteiger partial charge in [0.05, 0.1) is 24.8 Å². The average molecular weight is 332 g/mol. The zero-order valence-corrected chi connectivity index (χ0v) is 13.9. The minimum Gasteiger partial charge on any atom is -0.493 e. The van der Waals surface area contributed by atoms with Gasteiger partial charge in [-0.2, -0.15) is 0 Å². The Balaban J connectivity index is 1.88. The van der Waals surface area contributed by atoms with Crippen molar-refractivity contribution in [2.75, 3.05) is 20.8 Å². The number of benzene rings is 2. The smallest absolute Gasteiger partial charge is 0.255 e. The van der Waals surface area contributed by atoms with Gasteiger partial charge in [-0.05, 0) is 41.8 Å². The van der Waals surface area contributed by atoms with E-state index in [0.717, 1.165) is 17.7 Å². The van der Waals surface area contributed by atoms with Crippen molar-refractivity contribution >= 4 is 17.5 Å². The Morgan fingerprint density at radius 3 is 2.39 bits per heavy atom. The molecule has 0 fully saturated rings. The molecule has 2 aromatic rings. The first-order valence-electron chi connectivity index (χ1n) is 7.41. The summed E-state index contributed by atoms with van der Waals surface area (Å²) in [6.45, 7) is 1.20. The lowest BCUT2D eigenvalue weighted by Gasteiger charge is -2.30. The molecule has 0 bridgehead atoms. The van der Waals surface area contributed by atoms with Crippen LogP contribution in [0, 0.1) is 0 Å². The van der Waals surface area contributed by atoms with Gasteiger partial charge in [0, 0.05) is 13.1 Å². The van der Waals surface area contributed by atoms with Crippen molar-refractivity contribution in [2.45, 2.75) is 13.0 Å². The van der Waals surface area contributed by atoms with Crippen LogP contribution >= 0.6 is 11.6 Å². The topological polar surface area (TPSA) is 38.8 Å². The monoisotopic (exact) mass is 331 g/mol. The van der Waals surface area contributed by atoms with E-state index in [-0.39, 0.29) is 5.91 Å². The van der Waals surface area contributed by atoms with Crippen molar-refractivity contribution in [3.8, 4) is 11.5 Å². The van der Waals surface area contributed by atoms with E-state index < -0.39 is 0 Å². The highest BCUT2D eigenvalue weighted by molar-refractivity contribution is 6.33. The molecule has 1 aliphatic rings. The van der Waals surface area contributed by atoms with Gasteiger partial charge in [0.1, 0.15) is 0 Å². The van der Waals surface area contributed by atoms with E-state index in [0.29, 0.717) is 29.4 Å². The molecule has 1 heterocycles. The molecule has 0 atom stereocenters. The molecule has 0 saturated heterocycles. The molecule has 1 amide bonds. The van der Waals surface area contributed by atoms with E-state index in [9.17, 15) is 4.79 Å². The SMILES string of the molecule is COc1cc2c(cc1OC)CN(C(=O)c1ccccc1Cl)CC2. The van der Waals surface area contributed by atoms with E-state index in [1.165, 1.54) is 5.56 Å². The van der Waals surface area contributed by atoms with Crippen LogP contribution in [-0.2, 0) is 13.0 Å². The molecule has 0 spiro atoms. The first-order valence-corrected chi connectivity index (χ1v) is 7.79. The van der Waals surface area contributed by atoms with Crippen molar-refractivity contribution in [2.24, 2.45) is 0 Å². The zero-order valence-electron chi connectivity index (χ0n) is 13.1. The van der Waals surface area contributed by atoms with Crippen molar-refractivity contribution in [1.29, 1.82) is 0 Å². The third-order valence-electron chi connectivity index (χ3n) is 4.11. The van der Waals surface area contributed by atoms with Crippen LogP contribution in [0.5, 0.6) is 11.5 Å². The molecule has 0 N–H and O–H groups in total. The molecule has 0 aliphatic carbocycles. The Kier molecular flexibility index (Phi) is 4.44. The van der Waals surface area contributed by atoms with Crippen LogP contribution in [0.3, 0.4) is 0 Å². The Bertz CT molecular complexity index is 745. The lowest BCUT2D eigenvalue weighted by Crippen LogP contribution is -2.36.